The van der Waals surface area contributed by atoms with Crippen molar-refractivity contribution in [3.05, 3.63) is 64.1 Å². The molecule has 3 heteroatoms. The summed E-state index contributed by atoms with van der Waals surface area (Å²) in [5.74, 6) is 0.941. The zero-order chi connectivity index (χ0) is 14.7. The fraction of sp³-hybridized carbons (Fsp3) is 0.333. The molecule has 1 saturated carbocycles. The van der Waals surface area contributed by atoms with Gasteiger partial charge in [-0.05, 0) is 43.0 Å². The van der Waals surface area contributed by atoms with Gasteiger partial charge in [0.25, 0.3) is 0 Å². The Morgan fingerprint density at radius 3 is 2.67 bits per heavy atom. The van der Waals surface area contributed by atoms with Crippen molar-refractivity contribution in [1.82, 2.24) is 5.32 Å². The van der Waals surface area contributed by atoms with Crippen LogP contribution in [0.15, 0.2) is 53.0 Å². The second-order valence-corrected chi connectivity index (χ2v) is 6.53. The van der Waals surface area contributed by atoms with Gasteiger partial charge >= 0.3 is 0 Å². The second-order valence-electron chi connectivity index (χ2n) is 5.61. The molecular weight excluding hydrogens is 326 g/mol. The van der Waals surface area contributed by atoms with E-state index in [-0.39, 0.29) is 6.10 Å². The average molecular weight is 346 g/mol. The average Bonchev–Trinajstić information content (AvgIpc) is 3.32. The molecule has 21 heavy (non-hydrogen) atoms. The van der Waals surface area contributed by atoms with Gasteiger partial charge in [-0.1, -0.05) is 52.3 Å². The summed E-state index contributed by atoms with van der Waals surface area (Å²) in [7, 11) is 0. The third-order valence-electron chi connectivity index (χ3n) is 3.76. The summed E-state index contributed by atoms with van der Waals surface area (Å²) < 4.78 is 7.34. The molecule has 0 aromatic heterocycles. The van der Waals surface area contributed by atoms with Gasteiger partial charge in [0, 0.05) is 17.1 Å². The molecule has 1 aliphatic rings. The highest BCUT2D eigenvalue weighted by atomic mass is 79.9. The Morgan fingerprint density at radius 1 is 1.19 bits per heavy atom. The number of halogens is 1. The molecule has 3 rings (SSSR count). The molecule has 1 unspecified atom stereocenters. The highest BCUT2D eigenvalue weighted by Gasteiger charge is 2.23. The summed E-state index contributed by atoms with van der Waals surface area (Å²) in [6.45, 7) is 2.93. The molecule has 110 valence electrons. The Morgan fingerprint density at radius 2 is 1.95 bits per heavy atom. The van der Waals surface area contributed by atoms with Crippen LogP contribution in [0.3, 0.4) is 0 Å². The summed E-state index contributed by atoms with van der Waals surface area (Å²) in [6, 6.07) is 17.3. The minimum atomic E-state index is 0.0415. The Balaban J connectivity index is 1.78. The predicted octanol–water partition coefficient (Wildman–Crippen LogP) is 4.63. The number of aryl methyl sites for hydroxylation is 1. The number of hydrogen-bond acceptors (Lipinski definition) is 2. The van der Waals surface area contributed by atoms with E-state index >= 15 is 0 Å². The van der Waals surface area contributed by atoms with Crippen molar-refractivity contribution in [2.45, 2.75) is 31.9 Å². The molecule has 0 amide bonds. The first-order chi connectivity index (χ1) is 10.2. The van der Waals surface area contributed by atoms with Gasteiger partial charge < -0.3 is 10.1 Å². The van der Waals surface area contributed by atoms with E-state index in [9.17, 15) is 0 Å². The SMILES string of the molecule is Cc1ccc(Br)cc1OC(CNC1CC1)c1ccccc1. The zero-order valence-corrected chi connectivity index (χ0v) is 13.8. The van der Waals surface area contributed by atoms with Crippen LogP contribution in [0.4, 0.5) is 0 Å². The molecule has 0 spiro atoms. The fourth-order valence-corrected chi connectivity index (χ4v) is 2.65. The van der Waals surface area contributed by atoms with Gasteiger partial charge in [0.15, 0.2) is 0 Å². The Hall–Kier alpha value is -1.32. The smallest absolute Gasteiger partial charge is 0.136 e. The summed E-state index contributed by atoms with van der Waals surface area (Å²) in [5, 5.41) is 3.57. The van der Waals surface area contributed by atoms with Gasteiger partial charge in [0.1, 0.15) is 11.9 Å². The lowest BCUT2D eigenvalue weighted by atomic mass is 10.1. The lowest BCUT2D eigenvalue weighted by molar-refractivity contribution is 0.199. The van der Waals surface area contributed by atoms with Crippen LogP contribution in [0.25, 0.3) is 0 Å². The Kier molecular flexibility index (Phi) is 4.61. The predicted molar refractivity (Wildman–Crippen MR) is 89.7 cm³/mol. The van der Waals surface area contributed by atoms with Crippen LogP contribution in [-0.2, 0) is 0 Å². The molecule has 0 aliphatic heterocycles. The Labute approximate surface area is 134 Å². The fourth-order valence-electron chi connectivity index (χ4n) is 2.31. The molecular formula is C18H20BrNO. The molecule has 2 aromatic rings. The Bertz CT molecular complexity index is 595. The van der Waals surface area contributed by atoms with E-state index in [1.807, 2.05) is 18.2 Å². The summed E-state index contributed by atoms with van der Waals surface area (Å²) >= 11 is 3.52. The molecule has 2 nitrogen and oxygen atoms in total. The quantitative estimate of drug-likeness (QED) is 0.823. The largest absolute Gasteiger partial charge is 0.484 e. The van der Waals surface area contributed by atoms with Crippen molar-refractivity contribution in [2.75, 3.05) is 6.54 Å². The van der Waals surface area contributed by atoms with E-state index in [1.54, 1.807) is 0 Å². The topological polar surface area (TPSA) is 21.3 Å². The van der Waals surface area contributed by atoms with Crippen molar-refractivity contribution >= 4 is 15.9 Å². The van der Waals surface area contributed by atoms with E-state index in [0.29, 0.717) is 6.04 Å². The van der Waals surface area contributed by atoms with Crippen molar-refractivity contribution in [2.24, 2.45) is 0 Å². The second kappa shape index (κ2) is 6.63. The summed E-state index contributed by atoms with van der Waals surface area (Å²) in [6.07, 6.45) is 2.62. The van der Waals surface area contributed by atoms with Gasteiger partial charge in [-0.3, -0.25) is 0 Å². The zero-order valence-electron chi connectivity index (χ0n) is 12.2. The molecule has 0 bridgehead atoms. The van der Waals surface area contributed by atoms with Crippen LogP contribution in [0.5, 0.6) is 5.75 Å². The normalized spacial score (nSPS) is 15.7. The van der Waals surface area contributed by atoms with Crippen LogP contribution >= 0.6 is 15.9 Å². The van der Waals surface area contributed by atoms with Gasteiger partial charge in [0.2, 0.25) is 0 Å². The van der Waals surface area contributed by atoms with Gasteiger partial charge in [-0.25, -0.2) is 0 Å². The number of rotatable bonds is 6. The lowest BCUT2D eigenvalue weighted by Gasteiger charge is -2.21. The van der Waals surface area contributed by atoms with Crippen LogP contribution in [-0.4, -0.2) is 12.6 Å². The molecule has 0 heterocycles. The lowest BCUT2D eigenvalue weighted by Crippen LogP contribution is -2.26. The third kappa shape index (κ3) is 4.08. The van der Waals surface area contributed by atoms with Crippen LogP contribution in [0.1, 0.15) is 30.1 Å². The van der Waals surface area contributed by atoms with Gasteiger partial charge in [-0.2, -0.15) is 0 Å². The molecule has 2 aromatic carbocycles. The number of nitrogens with one attached hydrogen (secondary N) is 1. The summed E-state index contributed by atoms with van der Waals surface area (Å²) in [5.41, 5.74) is 2.37. The molecule has 1 aliphatic carbocycles. The maximum atomic E-state index is 6.30. The van der Waals surface area contributed by atoms with E-state index in [2.05, 4.69) is 58.5 Å². The van der Waals surface area contributed by atoms with Crippen molar-refractivity contribution in [3.63, 3.8) is 0 Å². The van der Waals surface area contributed by atoms with Crippen molar-refractivity contribution in [3.8, 4) is 5.75 Å². The summed E-state index contributed by atoms with van der Waals surface area (Å²) in [4.78, 5) is 0. The minimum Gasteiger partial charge on any atom is -0.484 e. The highest BCUT2D eigenvalue weighted by Crippen LogP contribution is 2.28. The van der Waals surface area contributed by atoms with E-state index in [0.717, 1.165) is 22.3 Å². The number of hydrogen-bond donors (Lipinski definition) is 1. The first-order valence-electron chi connectivity index (χ1n) is 7.43. The van der Waals surface area contributed by atoms with Gasteiger partial charge in [0.05, 0.1) is 0 Å². The molecule has 0 saturated heterocycles. The molecule has 1 N–H and O–H groups in total. The first kappa shape index (κ1) is 14.6. The third-order valence-corrected chi connectivity index (χ3v) is 4.25. The standard InChI is InChI=1S/C18H20BrNO/c1-13-7-8-15(19)11-17(13)21-18(12-20-16-9-10-16)14-5-3-2-4-6-14/h2-8,11,16,18,20H,9-10,12H2,1H3. The van der Waals surface area contributed by atoms with E-state index in [1.165, 1.54) is 18.4 Å². The number of ether oxygens (including phenoxy) is 1. The maximum absolute atomic E-state index is 6.30. The highest BCUT2D eigenvalue weighted by molar-refractivity contribution is 9.10. The van der Waals surface area contributed by atoms with Crippen molar-refractivity contribution in [1.29, 1.82) is 0 Å². The van der Waals surface area contributed by atoms with E-state index < -0.39 is 0 Å². The van der Waals surface area contributed by atoms with Crippen molar-refractivity contribution < 1.29 is 4.74 Å². The van der Waals surface area contributed by atoms with Crippen LogP contribution < -0.4 is 10.1 Å². The molecule has 1 atom stereocenters. The van der Waals surface area contributed by atoms with E-state index in [4.69, 9.17) is 4.74 Å². The number of benzene rings is 2. The monoisotopic (exact) mass is 345 g/mol. The van der Waals surface area contributed by atoms with Gasteiger partial charge in [-0.15, -0.1) is 0 Å². The molecule has 1 fully saturated rings. The van der Waals surface area contributed by atoms with Crippen LogP contribution in [0.2, 0.25) is 0 Å². The molecule has 0 radical (unpaired) electrons. The van der Waals surface area contributed by atoms with Crippen LogP contribution in [0, 0.1) is 6.92 Å². The maximum Gasteiger partial charge on any atom is 0.136 e. The first-order valence-corrected chi connectivity index (χ1v) is 8.23. The minimum absolute atomic E-state index is 0.0415.